The van der Waals surface area contributed by atoms with Gasteiger partial charge in [-0.15, -0.1) is 0 Å². The number of carbonyl (C=O) groups is 1. The summed E-state index contributed by atoms with van der Waals surface area (Å²) in [6, 6.07) is 2.03. The maximum absolute atomic E-state index is 12.3. The fourth-order valence-corrected chi connectivity index (χ4v) is 2.87. The van der Waals surface area contributed by atoms with E-state index in [1.54, 1.807) is 0 Å². The van der Waals surface area contributed by atoms with Crippen molar-refractivity contribution in [3.05, 3.63) is 16.6 Å². The molecular formula is C12H18N2O2S. The molecular weight excluding hydrogens is 236 g/mol. The van der Waals surface area contributed by atoms with E-state index < -0.39 is 0 Å². The minimum absolute atomic E-state index is 0.0208. The third-order valence-corrected chi connectivity index (χ3v) is 3.89. The Morgan fingerprint density at radius 3 is 3.12 bits per heavy atom. The molecule has 5 heteroatoms. The summed E-state index contributed by atoms with van der Waals surface area (Å²) in [6.45, 7) is 2.89. The van der Waals surface area contributed by atoms with Crippen molar-refractivity contribution < 1.29 is 9.90 Å². The van der Waals surface area contributed by atoms with Gasteiger partial charge in [0.2, 0.25) is 0 Å². The highest BCUT2D eigenvalue weighted by atomic mass is 32.1. The second-order valence-electron chi connectivity index (χ2n) is 4.48. The molecule has 1 aromatic rings. The minimum atomic E-state index is 0.0208. The third-order valence-electron chi connectivity index (χ3n) is 3.20. The number of rotatable bonds is 3. The fourth-order valence-electron chi connectivity index (χ4n) is 2.33. The molecule has 1 saturated heterocycles. The summed E-state index contributed by atoms with van der Waals surface area (Å²) < 4.78 is 4.17. The normalized spacial score (nSPS) is 20.6. The molecule has 1 aliphatic rings. The van der Waals surface area contributed by atoms with E-state index in [-0.39, 0.29) is 18.6 Å². The van der Waals surface area contributed by atoms with E-state index in [1.165, 1.54) is 11.5 Å². The van der Waals surface area contributed by atoms with Gasteiger partial charge in [-0.3, -0.25) is 4.79 Å². The third kappa shape index (κ3) is 2.84. The molecule has 2 heterocycles. The Balaban J connectivity index is 2.10. The predicted octanol–water partition coefficient (Wildman–Crippen LogP) is 1.83. The number of aliphatic hydroxyl groups is 1. The Hall–Kier alpha value is -0.940. The predicted molar refractivity (Wildman–Crippen MR) is 67.2 cm³/mol. The van der Waals surface area contributed by atoms with Crippen LogP contribution in [0.4, 0.5) is 0 Å². The van der Waals surface area contributed by atoms with Gasteiger partial charge in [-0.05, 0) is 50.2 Å². The van der Waals surface area contributed by atoms with Gasteiger partial charge in [0.05, 0.1) is 0 Å². The standard InChI is InChI=1S/C12H18N2O2S/c1-9-8-11(13-17-9)12(16)14-6-3-2-4-10(14)5-7-15/h8,10,15H,2-7H2,1H3. The number of amides is 1. The van der Waals surface area contributed by atoms with Crippen molar-refractivity contribution in [3.63, 3.8) is 0 Å². The molecule has 1 aromatic heterocycles. The number of hydrogen-bond donors (Lipinski definition) is 1. The van der Waals surface area contributed by atoms with Crippen LogP contribution in [0.1, 0.15) is 41.0 Å². The fraction of sp³-hybridized carbons (Fsp3) is 0.667. The number of hydrogen-bond acceptors (Lipinski definition) is 4. The van der Waals surface area contributed by atoms with E-state index in [4.69, 9.17) is 5.11 Å². The summed E-state index contributed by atoms with van der Waals surface area (Å²) in [5.41, 5.74) is 0.553. The van der Waals surface area contributed by atoms with Crippen molar-refractivity contribution in [3.8, 4) is 0 Å². The molecule has 1 fully saturated rings. The first kappa shape index (κ1) is 12.5. The largest absolute Gasteiger partial charge is 0.396 e. The van der Waals surface area contributed by atoms with Crippen molar-refractivity contribution in [2.75, 3.05) is 13.2 Å². The van der Waals surface area contributed by atoms with Gasteiger partial charge < -0.3 is 10.0 Å². The zero-order chi connectivity index (χ0) is 12.3. The number of likely N-dealkylation sites (tertiary alicyclic amines) is 1. The highest BCUT2D eigenvalue weighted by molar-refractivity contribution is 7.05. The molecule has 94 valence electrons. The van der Waals surface area contributed by atoms with Gasteiger partial charge in [-0.25, -0.2) is 0 Å². The average molecular weight is 254 g/mol. The van der Waals surface area contributed by atoms with Crippen molar-refractivity contribution >= 4 is 17.4 Å². The van der Waals surface area contributed by atoms with E-state index >= 15 is 0 Å². The summed E-state index contributed by atoms with van der Waals surface area (Å²) in [5.74, 6) is 0.0208. The molecule has 1 atom stereocenters. The Bertz CT molecular complexity index is 390. The average Bonchev–Trinajstić information content (AvgIpc) is 2.76. The van der Waals surface area contributed by atoms with Crippen LogP contribution in [0.3, 0.4) is 0 Å². The van der Waals surface area contributed by atoms with E-state index in [2.05, 4.69) is 4.37 Å². The molecule has 1 unspecified atom stereocenters. The summed E-state index contributed by atoms with van der Waals surface area (Å²) in [4.78, 5) is 15.2. The molecule has 0 spiro atoms. The van der Waals surface area contributed by atoms with Crippen molar-refractivity contribution in [2.24, 2.45) is 0 Å². The zero-order valence-electron chi connectivity index (χ0n) is 10.1. The van der Waals surface area contributed by atoms with Crippen LogP contribution in [0.15, 0.2) is 6.07 Å². The van der Waals surface area contributed by atoms with Crippen molar-refractivity contribution in [1.82, 2.24) is 9.27 Å². The first-order valence-electron chi connectivity index (χ1n) is 6.07. The Labute approximate surface area is 105 Å². The van der Waals surface area contributed by atoms with Crippen LogP contribution in [0.25, 0.3) is 0 Å². The summed E-state index contributed by atoms with van der Waals surface area (Å²) in [6.07, 6.45) is 3.87. The Morgan fingerprint density at radius 1 is 1.65 bits per heavy atom. The van der Waals surface area contributed by atoms with Gasteiger partial charge in [-0.2, -0.15) is 4.37 Å². The van der Waals surface area contributed by atoms with E-state index in [0.717, 1.165) is 30.7 Å². The topological polar surface area (TPSA) is 53.4 Å². The van der Waals surface area contributed by atoms with Crippen molar-refractivity contribution in [1.29, 1.82) is 0 Å². The van der Waals surface area contributed by atoms with Crippen molar-refractivity contribution in [2.45, 2.75) is 38.6 Å². The highest BCUT2D eigenvalue weighted by Crippen LogP contribution is 2.22. The van der Waals surface area contributed by atoms with Crippen LogP contribution in [-0.4, -0.2) is 39.5 Å². The molecule has 1 N–H and O–H groups in total. The first-order chi connectivity index (χ1) is 8.22. The van der Waals surface area contributed by atoms with Crippen LogP contribution in [0.5, 0.6) is 0 Å². The summed E-state index contributed by atoms with van der Waals surface area (Å²) >= 11 is 1.36. The van der Waals surface area contributed by atoms with Gasteiger partial charge in [0, 0.05) is 24.1 Å². The molecule has 0 bridgehead atoms. The van der Waals surface area contributed by atoms with Crippen LogP contribution in [0, 0.1) is 6.92 Å². The van der Waals surface area contributed by atoms with Crippen LogP contribution < -0.4 is 0 Å². The molecule has 4 nitrogen and oxygen atoms in total. The molecule has 0 radical (unpaired) electrons. The molecule has 1 amide bonds. The van der Waals surface area contributed by atoms with Gasteiger partial charge in [0.1, 0.15) is 5.69 Å². The highest BCUT2D eigenvalue weighted by Gasteiger charge is 2.28. The molecule has 0 aliphatic carbocycles. The Kier molecular flexibility index (Phi) is 4.12. The van der Waals surface area contributed by atoms with E-state index in [1.807, 2.05) is 17.9 Å². The van der Waals surface area contributed by atoms with Crippen LogP contribution >= 0.6 is 11.5 Å². The molecule has 17 heavy (non-hydrogen) atoms. The number of piperidine rings is 1. The lowest BCUT2D eigenvalue weighted by Gasteiger charge is -2.35. The number of nitrogens with zero attached hydrogens (tertiary/aromatic N) is 2. The lowest BCUT2D eigenvalue weighted by atomic mass is 9.99. The van der Waals surface area contributed by atoms with Gasteiger partial charge in [0.15, 0.2) is 0 Å². The molecule has 0 saturated carbocycles. The zero-order valence-corrected chi connectivity index (χ0v) is 10.9. The van der Waals surface area contributed by atoms with Crippen LogP contribution in [-0.2, 0) is 0 Å². The number of aliphatic hydroxyl groups excluding tert-OH is 1. The van der Waals surface area contributed by atoms with Crippen LogP contribution in [0.2, 0.25) is 0 Å². The van der Waals surface area contributed by atoms with E-state index in [0.29, 0.717) is 12.1 Å². The minimum Gasteiger partial charge on any atom is -0.396 e. The number of aromatic nitrogens is 1. The lowest BCUT2D eigenvalue weighted by Crippen LogP contribution is -2.44. The molecule has 2 rings (SSSR count). The summed E-state index contributed by atoms with van der Waals surface area (Å²) in [5, 5.41) is 9.04. The Morgan fingerprint density at radius 2 is 2.47 bits per heavy atom. The van der Waals surface area contributed by atoms with Gasteiger partial charge >= 0.3 is 0 Å². The SMILES string of the molecule is Cc1cc(C(=O)N2CCCCC2CCO)ns1. The monoisotopic (exact) mass is 254 g/mol. The maximum atomic E-state index is 12.3. The molecule has 0 aromatic carbocycles. The quantitative estimate of drug-likeness (QED) is 0.895. The lowest BCUT2D eigenvalue weighted by molar-refractivity contribution is 0.0570. The van der Waals surface area contributed by atoms with E-state index in [9.17, 15) is 4.79 Å². The second kappa shape index (κ2) is 5.60. The molecule has 1 aliphatic heterocycles. The summed E-state index contributed by atoms with van der Waals surface area (Å²) in [7, 11) is 0. The first-order valence-corrected chi connectivity index (χ1v) is 6.85. The second-order valence-corrected chi connectivity index (χ2v) is 5.49. The smallest absolute Gasteiger partial charge is 0.273 e. The maximum Gasteiger partial charge on any atom is 0.273 e. The number of aryl methyl sites for hydroxylation is 1. The number of carbonyl (C=O) groups excluding carboxylic acids is 1. The van der Waals surface area contributed by atoms with Gasteiger partial charge in [0.25, 0.3) is 5.91 Å². The van der Waals surface area contributed by atoms with Gasteiger partial charge in [-0.1, -0.05) is 0 Å².